The smallest absolute Gasteiger partial charge is 0.307 e. The number of rotatable bonds is 6. The van der Waals surface area contributed by atoms with Crippen LogP contribution in [0.4, 0.5) is 0 Å². The fourth-order valence-electron chi connectivity index (χ4n) is 2.95. The van der Waals surface area contributed by atoms with Crippen molar-refractivity contribution in [1.29, 1.82) is 0 Å². The number of carbonyl (C=O) groups excluding carboxylic acids is 2. The van der Waals surface area contributed by atoms with Crippen LogP contribution in [0, 0.1) is 0 Å². The van der Waals surface area contributed by atoms with Gasteiger partial charge < -0.3 is 10.1 Å². The number of carbonyl (C=O) groups is 2. The molecule has 2 N–H and O–H groups in total. The summed E-state index contributed by atoms with van der Waals surface area (Å²) in [5.74, 6) is -0.893. The van der Waals surface area contributed by atoms with E-state index >= 15 is 0 Å². The van der Waals surface area contributed by atoms with Crippen molar-refractivity contribution < 1.29 is 22.7 Å². The molecule has 0 spiro atoms. The lowest BCUT2D eigenvalue weighted by molar-refractivity contribution is -0.155. The molecule has 1 aliphatic rings. The molecule has 7 nitrogen and oxygen atoms in total. The number of sulfonamides is 1. The van der Waals surface area contributed by atoms with E-state index in [9.17, 15) is 18.0 Å². The van der Waals surface area contributed by atoms with Crippen LogP contribution in [0.15, 0.2) is 47.4 Å². The fourth-order valence-corrected chi connectivity index (χ4v) is 4.01. The summed E-state index contributed by atoms with van der Waals surface area (Å²) in [6.07, 6.45) is 1.20. The molecule has 1 fully saturated rings. The second-order valence-electron chi connectivity index (χ2n) is 6.42. The Kier molecular flexibility index (Phi) is 6.08. The molecule has 144 valence electrons. The van der Waals surface area contributed by atoms with Crippen LogP contribution in [0.5, 0.6) is 0 Å². The molecule has 3 rings (SSSR count). The highest BCUT2D eigenvalue weighted by molar-refractivity contribution is 7.89. The summed E-state index contributed by atoms with van der Waals surface area (Å²) in [4.78, 5) is 23.8. The van der Waals surface area contributed by atoms with E-state index in [1.807, 2.05) is 24.3 Å². The molecule has 1 unspecified atom stereocenters. The molecule has 8 heteroatoms. The van der Waals surface area contributed by atoms with Gasteiger partial charge in [0, 0.05) is 13.1 Å². The molecule has 0 radical (unpaired) electrons. The van der Waals surface area contributed by atoms with Crippen molar-refractivity contribution in [3.8, 4) is 0 Å². The highest BCUT2D eigenvalue weighted by atomic mass is 32.2. The number of nitrogens with one attached hydrogen (secondary N) is 2. The zero-order valence-corrected chi connectivity index (χ0v) is 15.6. The van der Waals surface area contributed by atoms with Gasteiger partial charge in [-0.3, -0.25) is 9.59 Å². The minimum Gasteiger partial charge on any atom is -0.452 e. The lowest BCUT2D eigenvalue weighted by Gasteiger charge is -2.14. The van der Waals surface area contributed by atoms with Crippen LogP contribution >= 0.6 is 0 Å². The molecule has 2 aromatic carbocycles. The van der Waals surface area contributed by atoms with E-state index in [1.165, 1.54) is 6.07 Å². The van der Waals surface area contributed by atoms with Crippen molar-refractivity contribution in [2.24, 2.45) is 0 Å². The Morgan fingerprint density at radius 1 is 1.15 bits per heavy atom. The normalized spacial score (nSPS) is 17.9. The quantitative estimate of drug-likeness (QED) is 0.732. The van der Waals surface area contributed by atoms with E-state index in [0.717, 1.165) is 23.6 Å². The number of hydrogen-bond acceptors (Lipinski definition) is 5. The van der Waals surface area contributed by atoms with Gasteiger partial charge in [0.25, 0.3) is 5.91 Å². The SMILES string of the molecule is O=C(CCNS(=O)(=O)c1ccc2ccccc2c1)OC1CCCCNC1=O. The Labute approximate surface area is 158 Å². The Morgan fingerprint density at radius 2 is 1.93 bits per heavy atom. The van der Waals surface area contributed by atoms with Crippen LogP contribution in [-0.4, -0.2) is 39.5 Å². The number of amides is 1. The van der Waals surface area contributed by atoms with Crippen molar-refractivity contribution in [2.75, 3.05) is 13.1 Å². The second-order valence-corrected chi connectivity index (χ2v) is 8.19. The van der Waals surface area contributed by atoms with Crippen molar-refractivity contribution in [2.45, 2.75) is 36.7 Å². The predicted octanol–water partition coefficient (Wildman–Crippen LogP) is 1.72. The molecule has 1 aliphatic heterocycles. The lowest BCUT2D eigenvalue weighted by atomic mass is 10.1. The third-order valence-corrected chi connectivity index (χ3v) is 5.87. The third kappa shape index (κ3) is 5.05. The van der Waals surface area contributed by atoms with Crippen LogP contribution in [0.2, 0.25) is 0 Å². The van der Waals surface area contributed by atoms with Gasteiger partial charge in [-0.1, -0.05) is 30.3 Å². The lowest BCUT2D eigenvalue weighted by Crippen LogP contribution is -2.36. The van der Waals surface area contributed by atoms with Crippen molar-refractivity contribution in [1.82, 2.24) is 10.0 Å². The Balaban J connectivity index is 1.55. The van der Waals surface area contributed by atoms with E-state index < -0.39 is 22.1 Å². The molecule has 0 aliphatic carbocycles. The first kappa shape index (κ1) is 19.3. The van der Waals surface area contributed by atoms with E-state index in [4.69, 9.17) is 4.74 Å². The Hall–Kier alpha value is -2.45. The average Bonchev–Trinajstić information content (AvgIpc) is 2.85. The van der Waals surface area contributed by atoms with Crippen LogP contribution in [-0.2, 0) is 24.3 Å². The molecule has 2 aromatic rings. The molecule has 0 bridgehead atoms. The molecule has 1 saturated heterocycles. The van der Waals surface area contributed by atoms with E-state index in [2.05, 4.69) is 10.0 Å². The first-order valence-electron chi connectivity index (χ1n) is 8.91. The highest BCUT2D eigenvalue weighted by Crippen LogP contribution is 2.18. The van der Waals surface area contributed by atoms with Gasteiger partial charge in [-0.15, -0.1) is 0 Å². The minimum atomic E-state index is -3.73. The molecule has 1 heterocycles. The maximum absolute atomic E-state index is 12.4. The molecule has 27 heavy (non-hydrogen) atoms. The van der Waals surface area contributed by atoms with Crippen LogP contribution < -0.4 is 10.0 Å². The van der Waals surface area contributed by atoms with Gasteiger partial charge in [0.15, 0.2) is 6.10 Å². The van der Waals surface area contributed by atoms with Gasteiger partial charge in [0.05, 0.1) is 11.3 Å². The maximum Gasteiger partial charge on any atom is 0.307 e. The zero-order chi connectivity index (χ0) is 19.3. The van der Waals surface area contributed by atoms with Gasteiger partial charge in [0.1, 0.15) is 0 Å². The van der Waals surface area contributed by atoms with Gasteiger partial charge in [-0.25, -0.2) is 13.1 Å². The van der Waals surface area contributed by atoms with Crippen LogP contribution in [0.1, 0.15) is 25.7 Å². The number of fused-ring (bicyclic) bond motifs is 1. The molecule has 0 aromatic heterocycles. The average molecular weight is 390 g/mol. The van der Waals surface area contributed by atoms with E-state index in [1.54, 1.807) is 12.1 Å². The van der Waals surface area contributed by atoms with Gasteiger partial charge in [0.2, 0.25) is 10.0 Å². The minimum absolute atomic E-state index is 0.0949. The number of esters is 1. The number of benzene rings is 2. The third-order valence-electron chi connectivity index (χ3n) is 4.41. The predicted molar refractivity (Wildman–Crippen MR) is 100 cm³/mol. The summed E-state index contributed by atoms with van der Waals surface area (Å²) in [7, 11) is -3.73. The highest BCUT2D eigenvalue weighted by Gasteiger charge is 2.24. The van der Waals surface area contributed by atoms with Gasteiger partial charge in [-0.2, -0.15) is 0 Å². The molecule has 1 atom stereocenters. The van der Waals surface area contributed by atoms with Crippen LogP contribution in [0.25, 0.3) is 10.8 Å². The van der Waals surface area contributed by atoms with Crippen molar-refractivity contribution >= 4 is 32.7 Å². The summed E-state index contributed by atoms with van der Waals surface area (Å²) in [5, 5.41) is 4.45. The largest absolute Gasteiger partial charge is 0.452 e. The summed E-state index contributed by atoms with van der Waals surface area (Å²) in [5.41, 5.74) is 0. The summed E-state index contributed by atoms with van der Waals surface area (Å²) >= 11 is 0. The molecule has 1 amide bonds. The standard InChI is InChI=1S/C19H22N2O5S/c22-18(26-17-7-3-4-11-20-19(17)23)10-12-21-27(24,25)16-9-8-14-5-1-2-6-15(14)13-16/h1-2,5-6,8-9,13,17,21H,3-4,7,10-12H2,(H,20,23). The maximum atomic E-state index is 12.4. The van der Waals surface area contributed by atoms with Crippen molar-refractivity contribution in [3.63, 3.8) is 0 Å². The second kappa shape index (κ2) is 8.49. The summed E-state index contributed by atoms with van der Waals surface area (Å²) in [6.45, 7) is 0.487. The topological polar surface area (TPSA) is 102 Å². The Bertz CT molecular complexity index is 942. The fraction of sp³-hybridized carbons (Fsp3) is 0.368. The van der Waals surface area contributed by atoms with Crippen molar-refractivity contribution in [3.05, 3.63) is 42.5 Å². The van der Waals surface area contributed by atoms with E-state index in [-0.39, 0.29) is 23.8 Å². The summed E-state index contributed by atoms with van der Waals surface area (Å²) in [6, 6.07) is 12.3. The summed E-state index contributed by atoms with van der Waals surface area (Å²) < 4.78 is 32.4. The van der Waals surface area contributed by atoms with E-state index in [0.29, 0.717) is 13.0 Å². The number of ether oxygens (including phenoxy) is 1. The van der Waals surface area contributed by atoms with Gasteiger partial charge >= 0.3 is 5.97 Å². The first-order chi connectivity index (χ1) is 13.0. The van der Waals surface area contributed by atoms with Gasteiger partial charge in [-0.05, 0) is 42.2 Å². The molecule has 0 saturated carbocycles. The monoisotopic (exact) mass is 390 g/mol. The Morgan fingerprint density at radius 3 is 2.74 bits per heavy atom. The number of hydrogen-bond donors (Lipinski definition) is 2. The zero-order valence-electron chi connectivity index (χ0n) is 14.8. The van der Waals surface area contributed by atoms with Crippen LogP contribution in [0.3, 0.4) is 0 Å². The molecular formula is C19H22N2O5S. The molecular weight excluding hydrogens is 368 g/mol. The first-order valence-corrected chi connectivity index (χ1v) is 10.4.